The van der Waals surface area contributed by atoms with Gasteiger partial charge < -0.3 is 10.2 Å². The van der Waals surface area contributed by atoms with Crippen molar-refractivity contribution in [2.75, 3.05) is 11.4 Å². The van der Waals surface area contributed by atoms with Crippen molar-refractivity contribution in [3.63, 3.8) is 0 Å². The maximum atomic E-state index is 12.8. The summed E-state index contributed by atoms with van der Waals surface area (Å²) in [5, 5.41) is 10.3. The quantitative estimate of drug-likeness (QED) is 0.598. The molecular formula is C21H25N5OS. The van der Waals surface area contributed by atoms with Gasteiger partial charge >= 0.3 is 0 Å². The third kappa shape index (κ3) is 4.55. The van der Waals surface area contributed by atoms with Crippen LogP contribution < -0.4 is 10.2 Å². The number of aromatic amines is 1. The van der Waals surface area contributed by atoms with Crippen LogP contribution in [0.5, 0.6) is 0 Å². The predicted octanol–water partition coefficient (Wildman–Crippen LogP) is 3.77. The molecular weight excluding hydrogens is 370 g/mol. The van der Waals surface area contributed by atoms with Crippen LogP contribution in [0.1, 0.15) is 25.2 Å². The summed E-state index contributed by atoms with van der Waals surface area (Å²) >= 11 is 5.37. The largest absolute Gasteiger partial charge is 0.309 e. The fourth-order valence-electron chi connectivity index (χ4n) is 3.09. The van der Waals surface area contributed by atoms with Crippen molar-refractivity contribution in [2.24, 2.45) is 0 Å². The minimum Gasteiger partial charge on any atom is -0.309 e. The standard InChI is InChI=1S/C21H25N5OS/c1-15(2)25(17-7-5-4-6-8-17)20(27)14-22-13-19-23-24-21(28)26(19)18-11-9-16(3)10-12-18/h4-12,15,22H,13-14H2,1-3H3,(H,24,28). The second-order valence-electron chi connectivity index (χ2n) is 6.91. The van der Waals surface area contributed by atoms with Crippen LogP contribution in [0.3, 0.4) is 0 Å². The molecule has 2 aromatic carbocycles. The van der Waals surface area contributed by atoms with Gasteiger partial charge in [-0.1, -0.05) is 35.9 Å². The molecule has 3 aromatic rings. The fraction of sp³-hybridized carbons (Fsp3) is 0.286. The maximum Gasteiger partial charge on any atom is 0.241 e. The van der Waals surface area contributed by atoms with Crippen molar-refractivity contribution in [2.45, 2.75) is 33.4 Å². The average Bonchev–Trinajstić information content (AvgIpc) is 3.04. The summed E-state index contributed by atoms with van der Waals surface area (Å²) in [7, 11) is 0. The number of carbonyl (C=O) groups is 1. The Balaban J connectivity index is 1.69. The molecule has 28 heavy (non-hydrogen) atoms. The topological polar surface area (TPSA) is 66.0 Å². The molecule has 1 heterocycles. The van der Waals surface area contributed by atoms with E-state index in [1.807, 2.05) is 79.9 Å². The van der Waals surface area contributed by atoms with E-state index in [1.54, 1.807) is 4.90 Å². The number of hydrogen-bond acceptors (Lipinski definition) is 4. The highest BCUT2D eigenvalue weighted by atomic mass is 32.1. The highest BCUT2D eigenvalue weighted by Crippen LogP contribution is 2.16. The molecule has 2 N–H and O–H groups in total. The van der Waals surface area contributed by atoms with Crippen LogP contribution >= 0.6 is 12.2 Å². The van der Waals surface area contributed by atoms with Crippen LogP contribution in [0.15, 0.2) is 54.6 Å². The number of carbonyl (C=O) groups excluding carboxylic acids is 1. The molecule has 0 aliphatic heterocycles. The molecule has 1 aromatic heterocycles. The van der Waals surface area contributed by atoms with E-state index in [0.717, 1.165) is 17.2 Å². The average molecular weight is 396 g/mol. The fourth-order valence-corrected chi connectivity index (χ4v) is 3.35. The van der Waals surface area contributed by atoms with E-state index in [0.29, 0.717) is 11.3 Å². The van der Waals surface area contributed by atoms with E-state index in [4.69, 9.17) is 12.2 Å². The Morgan fingerprint density at radius 1 is 1.18 bits per heavy atom. The van der Waals surface area contributed by atoms with Crippen LogP contribution in [0.2, 0.25) is 0 Å². The summed E-state index contributed by atoms with van der Waals surface area (Å²) in [4.78, 5) is 14.6. The smallest absolute Gasteiger partial charge is 0.241 e. The molecule has 0 unspecified atom stereocenters. The van der Waals surface area contributed by atoms with Gasteiger partial charge in [-0.15, -0.1) is 0 Å². The molecule has 1 amide bonds. The first-order valence-corrected chi connectivity index (χ1v) is 9.69. The van der Waals surface area contributed by atoms with Gasteiger partial charge in [-0.05, 0) is 57.3 Å². The lowest BCUT2D eigenvalue weighted by Crippen LogP contribution is -2.42. The van der Waals surface area contributed by atoms with Crippen molar-refractivity contribution >= 4 is 23.8 Å². The molecule has 6 nitrogen and oxygen atoms in total. The van der Waals surface area contributed by atoms with Crippen molar-refractivity contribution in [1.82, 2.24) is 20.1 Å². The molecule has 146 valence electrons. The zero-order chi connectivity index (χ0) is 20.1. The zero-order valence-corrected chi connectivity index (χ0v) is 17.2. The molecule has 0 bridgehead atoms. The second kappa shape index (κ2) is 8.95. The maximum absolute atomic E-state index is 12.8. The Bertz CT molecular complexity index is 976. The van der Waals surface area contributed by atoms with Gasteiger partial charge in [-0.25, -0.2) is 0 Å². The minimum atomic E-state index is 0.0113. The van der Waals surface area contributed by atoms with Crippen LogP contribution in [0, 0.1) is 11.7 Å². The summed E-state index contributed by atoms with van der Waals surface area (Å²) in [5.74, 6) is 0.745. The predicted molar refractivity (Wildman–Crippen MR) is 114 cm³/mol. The molecule has 0 saturated heterocycles. The molecule has 3 rings (SSSR count). The third-order valence-corrected chi connectivity index (χ3v) is 4.69. The van der Waals surface area contributed by atoms with Gasteiger partial charge in [0.25, 0.3) is 0 Å². The lowest BCUT2D eigenvalue weighted by molar-refractivity contribution is -0.118. The van der Waals surface area contributed by atoms with Gasteiger partial charge in [0.2, 0.25) is 5.91 Å². The lowest BCUT2D eigenvalue weighted by Gasteiger charge is -2.27. The molecule has 0 fully saturated rings. The summed E-state index contributed by atoms with van der Waals surface area (Å²) < 4.78 is 2.41. The van der Waals surface area contributed by atoms with Gasteiger partial charge in [0.05, 0.1) is 13.1 Å². The molecule has 0 aliphatic rings. The summed E-state index contributed by atoms with van der Waals surface area (Å²) in [6.07, 6.45) is 0. The first kappa shape index (κ1) is 20.0. The van der Waals surface area contributed by atoms with Crippen molar-refractivity contribution in [1.29, 1.82) is 0 Å². The number of H-pyrrole nitrogens is 1. The van der Waals surface area contributed by atoms with E-state index in [2.05, 4.69) is 15.5 Å². The first-order valence-electron chi connectivity index (χ1n) is 9.28. The van der Waals surface area contributed by atoms with Gasteiger partial charge in [0.15, 0.2) is 4.77 Å². The molecule has 7 heteroatoms. The number of aromatic nitrogens is 3. The van der Waals surface area contributed by atoms with E-state index < -0.39 is 0 Å². The highest BCUT2D eigenvalue weighted by molar-refractivity contribution is 7.71. The summed E-state index contributed by atoms with van der Waals surface area (Å²) in [6, 6.07) is 17.8. The Morgan fingerprint density at radius 2 is 1.86 bits per heavy atom. The van der Waals surface area contributed by atoms with E-state index in [1.165, 1.54) is 5.56 Å². The normalized spacial score (nSPS) is 11.0. The van der Waals surface area contributed by atoms with Gasteiger partial charge in [0, 0.05) is 17.4 Å². The van der Waals surface area contributed by atoms with Crippen molar-refractivity contribution < 1.29 is 4.79 Å². The molecule has 0 aliphatic carbocycles. The van der Waals surface area contributed by atoms with E-state index in [-0.39, 0.29) is 18.5 Å². The number of para-hydroxylation sites is 1. The second-order valence-corrected chi connectivity index (χ2v) is 7.30. The number of amides is 1. The van der Waals surface area contributed by atoms with E-state index >= 15 is 0 Å². The Morgan fingerprint density at radius 3 is 2.50 bits per heavy atom. The molecule has 0 atom stereocenters. The summed E-state index contributed by atoms with van der Waals surface area (Å²) in [6.45, 7) is 6.69. The zero-order valence-electron chi connectivity index (χ0n) is 16.3. The number of anilines is 1. The van der Waals surface area contributed by atoms with Crippen LogP contribution in [-0.4, -0.2) is 33.3 Å². The van der Waals surface area contributed by atoms with Gasteiger partial charge in [-0.2, -0.15) is 5.10 Å². The molecule has 0 radical (unpaired) electrons. The molecule has 0 saturated carbocycles. The van der Waals surface area contributed by atoms with Crippen LogP contribution in [0.25, 0.3) is 5.69 Å². The Kier molecular flexibility index (Phi) is 6.38. The third-order valence-electron chi connectivity index (χ3n) is 4.41. The van der Waals surface area contributed by atoms with Crippen molar-refractivity contribution in [3.8, 4) is 5.69 Å². The highest BCUT2D eigenvalue weighted by Gasteiger charge is 2.18. The number of benzene rings is 2. The Labute approximate surface area is 170 Å². The van der Waals surface area contributed by atoms with Gasteiger partial charge in [-0.3, -0.25) is 14.5 Å². The number of rotatable bonds is 7. The van der Waals surface area contributed by atoms with Gasteiger partial charge in [0.1, 0.15) is 5.82 Å². The number of aryl methyl sites for hydroxylation is 1. The van der Waals surface area contributed by atoms with Crippen LogP contribution in [-0.2, 0) is 11.3 Å². The van der Waals surface area contributed by atoms with Crippen molar-refractivity contribution in [3.05, 3.63) is 70.8 Å². The SMILES string of the molecule is Cc1ccc(-n2c(CNCC(=O)N(c3ccccc3)C(C)C)n[nH]c2=S)cc1. The molecule has 0 spiro atoms. The monoisotopic (exact) mass is 395 g/mol. The lowest BCUT2D eigenvalue weighted by atomic mass is 10.2. The number of nitrogens with zero attached hydrogens (tertiary/aromatic N) is 3. The van der Waals surface area contributed by atoms with Crippen LogP contribution in [0.4, 0.5) is 5.69 Å². The minimum absolute atomic E-state index is 0.0113. The van der Waals surface area contributed by atoms with E-state index in [9.17, 15) is 4.79 Å². The number of nitrogens with one attached hydrogen (secondary N) is 2. The Hall–Kier alpha value is -2.77. The number of hydrogen-bond donors (Lipinski definition) is 2. The first-order chi connectivity index (χ1) is 13.5. The summed E-state index contributed by atoms with van der Waals surface area (Å²) in [5.41, 5.74) is 3.02.